The topological polar surface area (TPSA) is 84.9 Å². The zero-order valence-electron chi connectivity index (χ0n) is 17.7. The number of ether oxygens (including phenoxy) is 2. The molecule has 1 N–H and O–H groups in total. The summed E-state index contributed by atoms with van der Waals surface area (Å²) in [6.45, 7) is 2.27. The van der Waals surface area contributed by atoms with Crippen molar-refractivity contribution in [1.29, 1.82) is 0 Å². The molecule has 164 valence electrons. The number of carbonyl (C=O) groups excluding carboxylic acids is 3. The average Bonchev–Trinajstić information content (AvgIpc) is 3.20. The van der Waals surface area contributed by atoms with Gasteiger partial charge in [0.1, 0.15) is 5.75 Å². The molecule has 4 rings (SSSR count). The van der Waals surface area contributed by atoms with E-state index in [1.165, 1.54) is 0 Å². The van der Waals surface area contributed by atoms with Gasteiger partial charge in [0.2, 0.25) is 5.91 Å². The molecule has 1 saturated heterocycles. The van der Waals surface area contributed by atoms with Gasteiger partial charge in [0.15, 0.2) is 6.61 Å². The molecule has 0 radical (unpaired) electrons. The van der Waals surface area contributed by atoms with Crippen molar-refractivity contribution in [3.05, 3.63) is 66.7 Å². The van der Waals surface area contributed by atoms with Crippen molar-refractivity contribution >= 4 is 39.9 Å². The zero-order chi connectivity index (χ0) is 22.5. The van der Waals surface area contributed by atoms with E-state index in [-0.39, 0.29) is 18.9 Å². The minimum Gasteiger partial charge on any atom is -0.494 e. The van der Waals surface area contributed by atoms with E-state index in [0.29, 0.717) is 18.0 Å². The van der Waals surface area contributed by atoms with Crippen molar-refractivity contribution in [2.45, 2.75) is 13.3 Å². The lowest BCUT2D eigenvalue weighted by molar-refractivity contribution is -0.151. The monoisotopic (exact) mass is 432 g/mol. The van der Waals surface area contributed by atoms with Crippen LogP contribution in [0.25, 0.3) is 10.8 Å². The number of esters is 1. The first-order chi connectivity index (χ1) is 15.5. The van der Waals surface area contributed by atoms with Gasteiger partial charge in [-0.25, -0.2) is 0 Å². The molecule has 32 heavy (non-hydrogen) atoms. The molecule has 1 fully saturated rings. The number of benzene rings is 3. The van der Waals surface area contributed by atoms with E-state index in [1.807, 2.05) is 43.3 Å². The highest BCUT2D eigenvalue weighted by molar-refractivity contribution is 6.03. The predicted octanol–water partition coefficient (Wildman–Crippen LogP) is 3.77. The number of rotatable bonds is 7. The second-order valence-corrected chi connectivity index (χ2v) is 7.51. The lowest BCUT2D eigenvalue weighted by Gasteiger charge is -2.17. The summed E-state index contributed by atoms with van der Waals surface area (Å²) >= 11 is 0. The normalized spacial score (nSPS) is 15.6. The number of fused-ring (bicyclic) bond motifs is 1. The highest BCUT2D eigenvalue weighted by Gasteiger charge is 2.36. The number of carbonyl (C=O) groups is 3. The summed E-state index contributed by atoms with van der Waals surface area (Å²) in [6.07, 6.45) is 0.0526. The van der Waals surface area contributed by atoms with Crippen LogP contribution in [0, 0.1) is 5.92 Å². The van der Waals surface area contributed by atoms with Crippen molar-refractivity contribution in [2.24, 2.45) is 5.92 Å². The third-order valence-electron chi connectivity index (χ3n) is 5.33. The van der Waals surface area contributed by atoms with E-state index in [9.17, 15) is 14.4 Å². The average molecular weight is 432 g/mol. The van der Waals surface area contributed by atoms with E-state index in [2.05, 4.69) is 5.32 Å². The highest BCUT2D eigenvalue weighted by Crippen LogP contribution is 2.28. The van der Waals surface area contributed by atoms with Gasteiger partial charge in [0, 0.05) is 29.7 Å². The molecule has 0 saturated carbocycles. The summed E-state index contributed by atoms with van der Waals surface area (Å²) in [5, 5.41) is 4.69. The summed E-state index contributed by atoms with van der Waals surface area (Å²) in [7, 11) is 0. The Kier molecular flexibility index (Phi) is 6.35. The fraction of sp³-hybridized carbons (Fsp3) is 0.240. The summed E-state index contributed by atoms with van der Waals surface area (Å²) in [4.78, 5) is 38.8. The van der Waals surface area contributed by atoms with E-state index in [4.69, 9.17) is 9.47 Å². The first-order valence-corrected chi connectivity index (χ1v) is 10.5. The van der Waals surface area contributed by atoms with Crippen molar-refractivity contribution in [2.75, 3.05) is 30.0 Å². The van der Waals surface area contributed by atoms with Gasteiger partial charge in [0.05, 0.1) is 12.5 Å². The molecule has 1 atom stereocenters. The maximum atomic E-state index is 12.5. The molecule has 0 bridgehead atoms. The number of nitrogens with zero attached hydrogens (tertiary/aromatic N) is 1. The Morgan fingerprint density at radius 3 is 2.56 bits per heavy atom. The molecule has 1 aliphatic heterocycles. The minimum absolute atomic E-state index is 0.0526. The number of hydrogen-bond donors (Lipinski definition) is 1. The first kappa shape index (κ1) is 21.4. The molecule has 7 nitrogen and oxygen atoms in total. The van der Waals surface area contributed by atoms with Gasteiger partial charge in [0.25, 0.3) is 5.91 Å². The Morgan fingerprint density at radius 2 is 1.78 bits per heavy atom. The largest absolute Gasteiger partial charge is 0.494 e. The SMILES string of the molecule is CCOc1ccc(N2C[C@H](C(=O)OCC(=O)Nc3cccc4ccccc34)CC2=O)cc1. The Hall–Kier alpha value is -3.87. The molecule has 1 heterocycles. The van der Waals surface area contributed by atoms with Crippen LogP contribution in [-0.2, 0) is 19.1 Å². The van der Waals surface area contributed by atoms with Crippen molar-refractivity contribution in [3.8, 4) is 5.75 Å². The quantitative estimate of drug-likeness (QED) is 0.575. The van der Waals surface area contributed by atoms with Gasteiger partial charge in [-0.2, -0.15) is 0 Å². The highest BCUT2D eigenvalue weighted by atomic mass is 16.5. The standard InChI is InChI=1S/C25H24N2O5/c1-2-31-20-12-10-19(11-13-20)27-15-18(14-24(27)29)25(30)32-16-23(28)26-22-9-5-7-17-6-3-4-8-21(17)22/h3-13,18H,2,14-16H2,1H3,(H,26,28)/t18-/m1/s1. The molecular weight excluding hydrogens is 408 g/mol. The molecule has 0 aromatic heterocycles. The molecule has 2 amide bonds. The van der Waals surface area contributed by atoms with Gasteiger partial charge in [-0.3, -0.25) is 14.4 Å². The van der Waals surface area contributed by atoms with Crippen LogP contribution < -0.4 is 15.0 Å². The summed E-state index contributed by atoms with van der Waals surface area (Å²) in [5.41, 5.74) is 1.35. The number of hydrogen-bond acceptors (Lipinski definition) is 5. The lowest BCUT2D eigenvalue weighted by Crippen LogP contribution is -2.28. The van der Waals surface area contributed by atoms with Gasteiger partial charge in [-0.05, 0) is 42.6 Å². The zero-order valence-corrected chi connectivity index (χ0v) is 17.7. The number of amides is 2. The molecule has 7 heteroatoms. The minimum atomic E-state index is -0.612. The Balaban J connectivity index is 1.32. The van der Waals surface area contributed by atoms with Crippen LogP contribution in [0.4, 0.5) is 11.4 Å². The first-order valence-electron chi connectivity index (χ1n) is 10.5. The van der Waals surface area contributed by atoms with Crippen LogP contribution in [-0.4, -0.2) is 37.5 Å². The maximum Gasteiger partial charge on any atom is 0.311 e. The van der Waals surface area contributed by atoms with Crippen LogP contribution in [0.2, 0.25) is 0 Å². The predicted molar refractivity (Wildman–Crippen MR) is 122 cm³/mol. The van der Waals surface area contributed by atoms with Crippen LogP contribution >= 0.6 is 0 Å². The van der Waals surface area contributed by atoms with Crippen LogP contribution in [0.3, 0.4) is 0 Å². The molecule has 0 unspecified atom stereocenters. The third-order valence-corrected chi connectivity index (χ3v) is 5.33. The molecule has 1 aliphatic rings. The molecule has 0 spiro atoms. The molecule has 0 aliphatic carbocycles. The van der Waals surface area contributed by atoms with Crippen molar-refractivity contribution < 1.29 is 23.9 Å². The fourth-order valence-corrected chi connectivity index (χ4v) is 3.78. The Morgan fingerprint density at radius 1 is 1.03 bits per heavy atom. The van der Waals surface area contributed by atoms with E-state index in [0.717, 1.165) is 16.5 Å². The molecule has 3 aromatic rings. The molecule has 3 aromatic carbocycles. The van der Waals surface area contributed by atoms with E-state index >= 15 is 0 Å². The van der Waals surface area contributed by atoms with Crippen molar-refractivity contribution in [3.63, 3.8) is 0 Å². The summed E-state index contributed by atoms with van der Waals surface area (Å²) in [5.74, 6) is -1.03. The van der Waals surface area contributed by atoms with E-state index < -0.39 is 24.4 Å². The van der Waals surface area contributed by atoms with Crippen LogP contribution in [0.5, 0.6) is 5.75 Å². The van der Waals surface area contributed by atoms with Gasteiger partial charge in [-0.15, -0.1) is 0 Å². The van der Waals surface area contributed by atoms with E-state index in [1.54, 1.807) is 35.2 Å². The Labute approximate surface area is 185 Å². The number of nitrogens with one attached hydrogen (secondary N) is 1. The number of anilines is 2. The maximum absolute atomic E-state index is 12.5. The fourth-order valence-electron chi connectivity index (χ4n) is 3.78. The van der Waals surface area contributed by atoms with Gasteiger partial charge in [-0.1, -0.05) is 36.4 Å². The van der Waals surface area contributed by atoms with Crippen LogP contribution in [0.1, 0.15) is 13.3 Å². The van der Waals surface area contributed by atoms with Crippen LogP contribution in [0.15, 0.2) is 66.7 Å². The smallest absolute Gasteiger partial charge is 0.311 e. The lowest BCUT2D eigenvalue weighted by atomic mass is 10.1. The summed E-state index contributed by atoms with van der Waals surface area (Å²) in [6, 6.07) is 20.4. The second-order valence-electron chi connectivity index (χ2n) is 7.51. The van der Waals surface area contributed by atoms with Gasteiger partial charge < -0.3 is 19.7 Å². The third kappa shape index (κ3) is 4.72. The second kappa shape index (κ2) is 9.51. The van der Waals surface area contributed by atoms with Gasteiger partial charge >= 0.3 is 5.97 Å². The Bertz CT molecular complexity index is 1140. The van der Waals surface area contributed by atoms with Crippen molar-refractivity contribution in [1.82, 2.24) is 0 Å². The molecular formula is C25H24N2O5. The summed E-state index contributed by atoms with van der Waals surface area (Å²) < 4.78 is 10.6.